The number of nitrogens with one attached hydrogen (secondary N) is 1. The molecule has 1 atom stereocenters. The largest absolute Gasteiger partial charge is 0.395 e. The van der Waals surface area contributed by atoms with Crippen LogP contribution in [0.2, 0.25) is 0 Å². The summed E-state index contributed by atoms with van der Waals surface area (Å²) in [4.78, 5) is 7.99. The van der Waals surface area contributed by atoms with Crippen molar-refractivity contribution in [1.82, 2.24) is 9.97 Å². The Balaban J connectivity index is 2.25. The number of nitrogens with two attached hydrogens (primary N) is 1. The van der Waals surface area contributed by atoms with Crippen molar-refractivity contribution in [2.75, 3.05) is 17.7 Å². The maximum Gasteiger partial charge on any atom is 0.222 e. The van der Waals surface area contributed by atoms with Crippen LogP contribution in [-0.4, -0.2) is 21.7 Å². The highest BCUT2D eigenvalue weighted by Gasteiger charge is 2.10. The second kappa shape index (κ2) is 7.57. The minimum absolute atomic E-state index is 0.00426. The Morgan fingerprint density at radius 3 is 2.95 bits per heavy atom. The van der Waals surface area contributed by atoms with Crippen LogP contribution in [0.1, 0.15) is 26.2 Å². The lowest BCUT2D eigenvalue weighted by Gasteiger charge is -2.07. The van der Waals surface area contributed by atoms with Gasteiger partial charge in [-0.1, -0.05) is 31.8 Å². The highest BCUT2D eigenvalue weighted by atomic mass is 19.1. The first-order valence-corrected chi connectivity index (χ1v) is 7.24. The zero-order chi connectivity index (χ0) is 15.9. The molecule has 0 amide bonds. The third-order valence-electron chi connectivity index (χ3n) is 3.27. The number of benzene rings is 1. The highest BCUT2D eigenvalue weighted by molar-refractivity contribution is 5.91. The van der Waals surface area contributed by atoms with Crippen LogP contribution >= 0.6 is 0 Å². The molecule has 0 saturated carbocycles. The van der Waals surface area contributed by atoms with Crippen molar-refractivity contribution in [2.24, 2.45) is 5.92 Å². The number of anilines is 2. The van der Waals surface area contributed by atoms with E-state index in [2.05, 4.69) is 34.2 Å². The molecule has 1 aromatic heterocycles. The molecule has 116 valence electrons. The molecule has 0 aliphatic carbocycles. The van der Waals surface area contributed by atoms with Crippen LogP contribution in [0.15, 0.2) is 18.2 Å². The van der Waals surface area contributed by atoms with Crippen LogP contribution in [0.5, 0.6) is 0 Å². The summed E-state index contributed by atoms with van der Waals surface area (Å²) in [5, 5.41) is 12.3. The molecule has 5 nitrogen and oxygen atoms in total. The van der Waals surface area contributed by atoms with Gasteiger partial charge in [0.2, 0.25) is 5.95 Å². The average Bonchev–Trinajstić information content (AvgIpc) is 2.50. The van der Waals surface area contributed by atoms with Gasteiger partial charge in [0, 0.05) is 12.0 Å². The number of fused-ring (bicyclic) bond motifs is 1. The highest BCUT2D eigenvalue weighted by Crippen LogP contribution is 2.23. The third kappa shape index (κ3) is 3.83. The predicted octanol–water partition coefficient (Wildman–Crippen LogP) is 2.52. The molecule has 0 unspecified atom stereocenters. The molecule has 4 N–H and O–H groups in total. The van der Waals surface area contributed by atoms with Gasteiger partial charge in [-0.2, -0.15) is 4.98 Å². The summed E-state index contributed by atoms with van der Waals surface area (Å²) in [5.74, 6) is 2.66. The van der Waals surface area contributed by atoms with Crippen molar-refractivity contribution in [1.29, 1.82) is 0 Å². The minimum Gasteiger partial charge on any atom is -0.395 e. The van der Waals surface area contributed by atoms with Crippen molar-refractivity contribution in [3.8, 4) is 12.0 Å². The van der Waals surface area contributed by atoms with Crippen molar-refractivity contribution < 1.29 is 9.50 Å². The normalized spacial score (nSPS) is 11.8. The fourth-order valence-corrected chi connectivity index (χ4v) is 2.11. The van der Waals surface area contributed by atoms with Gasteiger partial charge in [-0.3, -0.25) is 5.32 Å². The van der Waals surface area contributed by atoms with E-state index < -0.39 is 5.82 Å². The van der Waals surface area contributed by atoms with Gasteiger partial charge in [0.15, 0.2) is 5.82 Å². The summed E-state index contributed by atoms with van der Waals surface area (Å²) >= 11 is 0. The number of nitrogen functional groups attached to an aromatic ring is 1. The summed E-state index contributed by atoms with van der Waals surface area (Å²) in [7, 11) is 0. The Hall–Kier alpha value is -2.39. The number of hydrogen-bond donors (Lipinski definition) is 3. The standard InChI is InChI=1S/C16H19FN4O/c1-2-3-5-11(10-22)8-9-19-15-14-12(17)6-4-7-13(14)20-16(18)21-15/h4,6-7,11,22H,2-3,5,10H2,1H3,(H3,18,19,20,21)/t11-/m1/s1. The topological polar surface area (TPSA) is 84.1 Å². The number of halogens is 1. The van der Waals surface area contributed by atoms with Gasteiger partial charge in [-0.25, -0.2) is 9.37 Å². The lowest BCUT2D eigenvalue weighted by Crippen LogP contribution is -2.05. The van der Waals surface area contributed by atoms with E-state index in [0.717, 1.165) is 19.3 Å². The van der Waals surface area contributed by atoms with Crippen molar-refractivity contribution in [2.45, 2.75) is 26.2 Å². The second-order valence-corrected chi connectivity index (χ2v) is 4.98. The Labute approximate surface area is 128 Å². The summed E-state index contributed by atoms with van der Waals surface area (Å²) in [6.45, 7) is 2.08. The molecule has 6 heteroatoms. The van der Waals surface area contributed by atoms with E-state index in [-0.39, 0.29) is 29.7 Å². The molecular weight excluding hydrogens is 283 g/mol. The number of aromatic nitrogens is 2. The van der Waals surface area contributed by atoms with E-state index in [1.54, 1.807) is 12.1 Å². The van der Waals surface area contributed by atoms with Crippen molar-refractivity contribution in [3.05, 3.63) is 24.0 Å². The van der Waals surface area contributed by atoms with Crippen LogP contribution in [0.4, 0.5) is 16.2 Å². The molecule has 0 aliphatic heterocycles. The lowest BCUT2D eigenvalue weighted by atomic mass is 10.0. The summed E-state index contributed by atoms with van der Waals surface area (Å²) in [5.41, 5.74) is 6.04. The van der Waals surface area contributed by atoms with Gasteiger partial charge in [-0.15, -0.1) is 0 Å². The molecule has 0 saturated heterocycles. The Kier molecular flexibility index (Phi) is 5.50. The zero-order valence-corrected chi connectivity index (χ0v) is 12.4. The molecule has 0 fully saturated rings. The maximum absolute atomic E-state index is 13.9. The maximum atomic E-state index is 13.9. The second-order valence-electron chi connectivity index (χ2n) is 4.98. The molecule has 0 spiro atoms. The monoisotopic (exact) mass is 302 g/mol. The predicted molar refractivity (Wildman–Crippen MR) is 85.4 cm³/mol. The minimum atomic E-state index is -0.438. The van der Waals surface area contributed by atoms with Crippen molar-refractivity contribution in [3.63, 3.8) is 0 Å². The first kappa shape index (κ1) is 16.0. The quantitative estimate of drug-likeness (QED) is 0.584. The van der Waals surface area contributed by atoms with Gasteiger partial charge < -0.3 is 10.8 Å². The number of aliphatic hydroxyl groups excluding tert-OH is 1. The number of nitrogens with zero attached hydrogens (tertiary/aromatic N) is 2. The number of hydrogen-bond acceptors (Lipinski definition) is 5. The molecule has 0 radical (unpaired) electrons. The van der Waals surface area contributed by atoms with Gasteiger partial charge in [0.05, 0.1) is 17.5 Å². The van der Waals surface area contributed by atoms with Gasteiger partial charge in [0.1, 0.15) is 5.82 Å². The first-order chi connectivity index (χ1) is 10.7. The summed E-state index contributed by atoms with van der Waals surface area (Å²) < 4.78 is 13.9. The molecular formula is C16H19FN4O. The number of unbranched alkanes of at least 4 members (excludes halogenated alkanes) is 1. The molecule has 0 aliphatic rings. The van der Waals surface area contributed by atoms with Crippen LogP contribution in [-0.2, 0) is 0 Å². The van der Waals surface area contributed by atoms with Crippen LogP contribution in [0, 0.1) is 23.7 Å². The van der Waals surface area contributed by atoms with E-state index in [0.29, 0.717) is 5.52 Å². The smallest absolute Gasteiger partial charge is 0.222 e. The van der Waals surface area contributed by atoms with E-state index in [9.17, 15) is 9.50 Å². The van der Waals surface area contributed by atoms with E-state index in [1.807, 2.05) is 0 Å². The lowest BCUT2D eigenvalue weighted by molar-refractivity contribution is 0.249. The number of aliphatic hydroxyl groups is 1. The number of rotatable bonds is 5. The molecule has 0 bridgehead atoms. The zero-order valence-electron chi connectivity index (χ0n) is 12.4. The SMILES string of the molecule is CCCC[C@H](C#CNc1nc(N)nc2cccc(F)c12)CO. The molecule has 22 heavy (non-hydrogen) atoms. The van der Waals surface area contributed by atoms with Crippen LogP contribution in [0.25, 0.3) is 10.9 Å². The fraction of sp³-hybridized carbons (Fsp3) is 0.375. The van der Waals surface area contributed by atoms with Crippen molar-refractivity contribution >= 4 is 22.7 Å². The third-order valence-corrected chi connectivity index (χ3v) is 3.27. The summed E-state index contributed by atoms with van der Waals surface area (Å²) in [6, 6.07) is 7.29. The Morgan fingerprint density at radius 1 is 1.41 bits per heavy atom. The molecule has 2 rings (SSSR count). The molecule has 2 aromatic rings. The average molecular weight is 302 g/mol. The van der Waals surface area contributed by atoms with Crippen LogP contribution in [0.3, 0.4) is 0 Å². The van der Waals surface area contributed by atoms with Gasteiger partial charge in [-0.05, 0) is 18.6 Å². The first-order valence-electron chi connectivity index (χ1n) is 7.24. The van der Waals surface area contributed by atoms with Crippen LogP contribution < -0.4 is 11.1 Å². The van der Waals surface area contributed by atoms with E-state index >= 15 is 0 Å². The molecule has 1 heterocycles. The summed E-state index contributed by atoms with van der Waals surface area (Å²) in [6.07, 6.45) is 2.87. The molecule has 1 aromatic carbocycles. The van der Waals surface area contributed by atoms with Gasteiger partial charge >= 0.3 is 0 Å². The Bertz CT molecular complexity index is 708. The van der Waals surface area contributed by atoms with E-state index in [4.69, 9.17) is 5.73 Å². The fourth-order valence-electron chi connectivity index (χ4n) is 2.11. The van der Waals surface area contributed by atoms with E-state index in [1.165, 1.54) is 6.07 Å². The Morgan fingerprint density at radius 2 is 2.23 bits per heavy atom. The van der Waals surface area contributed by atoms with Gasteiger partial charge in [0.25, 0.3) is 0 Å².